The lowest BCUT2D eigenvalue weighted by molar-refractivity contribution is -0.125. The van der Waals surface area contributed by atoms with Crippen molar-refractivity contribution in [3.05, 3.63) is 75.3 Å². The van der Waals surface area contributed by atoms with Crippen LogP contribution < -0.4 is 10.2 Å². The van der Waals surface area contributed by atoms with E-state index < -0.39 is 0 Å². The van der Waals surface area contributed by atoms with Gasteiger partial charge in [-0.1, -0.05) is 41.4 Å². The highest BCUT2D eigenvalue weighted by molar-refractivity contribution is 7.09. The molecule has 1 unspecified atom stereocenters. The fraction of sp³-hybridized carbons (Fsp3) is 0.348. The number of anilines is 1. The molecule has 9 heteroatoms. The third-order valence-electron chi connectivity index (χ3n) is 5.50. The van der Waals surface area contributed by atoms with E-state index in [4.69, 9.17) is 23.2 Å². The lowest BCUT2D eigenvalue weighted by Crippen LogP contribution is -2.43. The third-order valence-corrected chi connectivity index (χ3v) is 6.91. The van der Waals surface area contributed by atoms with Gasteiger partial charge in [0.05, 0.1) is 5.92 Å². The number of nitrogens with zero attached hydrogens (tertiary/aromatic N) is 3. The van der Waals surface area contributed by atoms with Crippen molar-refractivity contribution < 1.29 is 9.18 Å². The molecule has 5 nitrogen and oxygen atoms in total. The SMILES string of the molecule is O=C(NCCc1ccc(Cl)cc1Cl)C1CCCN(c2nc(Cc3ccc(F)cc3)ns2)C1. The van der Waals surface area contributed by atoms with Crippen molar-refractivity contribution in [3.63, 3.8) is 0 Å². The summed E-state index contributed by atoms with van der Waals surface area (Å²) in [6.07, 6.45) is 2.99. The summed E-state index contributed by atoms with van der Waals surface area (Å²) in [6, 6.07) is 11.8. The lowest BCUT2D eigenvalue weighted by Gasteiger charge is -2.31. The van der Waals surface area contributed by atoms with E-state index >= 15 is 0 Å². The molecule has 1 aliphatic rings. The van der Waals surface area contributed by atoms with Crippen LogP contribution in [0.4, 0.5) is 9.52 Å². The quantitative estimate of drug-likeness (QED) is 0.495. The molecular formula is C23H23Cl2FN4OS. The molecule has 1 atom stereocenters. The molecule has 3 aromatic rings. The number of carbonyl (C=O) groups excluding carboxylic acids is 1. The van der Waals surface area contributed by atoms with E-state index in [1.54, 1.807) is 24.3 Å². The fourth-order valence-electron chi connectivity index (χ4n) is 3.78. The van der Waals surface area contributed by atoms with Crippen LogP contribution in [0.5, 0.6) is 0 Å². The first kappa shape index (κ1) is 23.0. The molecule has 0 aliphatic carbocycles. The molecule has 168 valence electrons. The van der Waals surface area contributed by atoms with Crippen LogP contribution in [0.1, 0.15) is 29.8 Å². The molecule has 1 aromatic heterocycles. The van der Waals surface area contributed by atoms with Gasteiger partial charge < -0.3 is 10.2 Å². The predicted octanol–water partition coefficient (Wildman–Crippen LogP) is 5.15. The normalized spacial score (nSPS) is 16.2. The van der Waals surface area contributed by atoms with Gasteiger partial charge >= 0.3 is 0 Å². The van der Waals surface area contributed by atoms with Gasteiger partial charge in [-0.15, -0.1) is 0 Å². The van der Waals surface area contributed by atoms with Crippen molar-refractivity contribution in [1.29, 1.82) is 0 Å². The van der Waals surface area contributed by atoms with Gasteiger partial charge in [0.2, 0.25) is 11.0 Å². The highest BCUT2D eigenvalue weighted by Crippen LogP contribution is 2.26. The Balaban J connectivity index is 1.29. The number of rotatable bonds is 7. The van der Waals surface area contributed by atoms with E-state index in [1.807, 2.05) is 6.07 Å². The summed E-state index contributed by atoms with van der Waals surface area (Å²) in [7, 11) is 0. The Morgan fingerprint density at radius 1 is 1.22 bits per heavy atom. The smallest absolute Gasteiger partial charge is 0.224 e. The van der Waals surface area contributed by atoms with Gasteiger partial charge in [-0.05, 0) is 54.7 Å². The number of hydrogen-bond donors (Lipinski definition) is 1. The number of nitrogens with one attached hydrogen (secondary N) is 1. The van der Waals surface area contributed by atoms with E-state index in [-0.39, 0.29) is 17.6 Å². The Bertz CT molecular complexity index is 1080. The Morgan fingerprint density at radius 2 is 2.03 bits per heavy atom. The maximum absolute atomic E-state index is 13.1. The molecule has 0 saturated carbocycles. The molecule has 1 aliphatic heterocycles. The van der Waals surface area contributed by atoms with Crippen LogP contribution in [-0.4, -0.2) is 34.9 Å². The van der Waals surface area contributed by atoms with Gasteiger partial charge in [0.25, 0.3) is 0 Å². The average Bonchev–Trinajstić information content (AvgIpc) is 3.25. The van der Waals surface area contributed by atoms with Crippen LogP contribution in [-0.2, 0) is 17.6 Å². The Hall–Kier alpha value is -2.22. The molecule has 32 heavy (non-hydrogen) atoms. The second-order valence-electron chi connectivity index (χ2n) is 7.86. The number of benzene rings is 2. The number of halogens is 3. The Morgan fingerprint density at radius 3 is 2.81 bits per heavy atom. The van der Waals surface area contributed by atoms with Crippen molar-refractivity contribution in [2.24, 2.45) is 5.92 Å². The minimum absolute atomic E-state index is 0.0517. The number of carbonyl (C=O) groups is 1. The third kappa shape index (κ3) is 5.97. The molecule has 2 aromatic carbocycles. The molecule has 4 rings (SSSR count). The van der Waals surface area contributed by atoms with Gasteiger partial charge in [0.15, 0.2) is 0 Å². The van der Waals surface area contributed by atoms with E-state index in [0.717, 1.165) is 35.6 Å². The van der Waals surface area contributed by atoms with E-state index in [9.17, 15) is 9.18 Å². The summed E-state index contributed by atoms with van der Waals surface area (Å²) in [4.78, 5) is 19.5. The van der Waals surface area contributed by atoms with Crippen molar-refractivity contribution in [1.82, 2.24) is 14.7 Å². The summed E-state index contributed by atoms with van der Waals surface area (Å²) in [5, 5.41) is 5.08. The standard InChI is InChI=1S/C23H23Cl2FN4OS/c24-18-6-5-16(20(25)13-18)9-10-27-22(31)17-2-1-11-30(14-17)23-28-21(29-32-23)12-15-3-7-19(26)8-4-15/h3-8,13,17H,1-2,9-12,14H2,(H,27,31). The highest BCUT2D eigenvalue weighted by Gasteiger charge is 2.27. The number of amides is 1. The molecule has 2 heterocycles. The zero-order chi connectivity index (χ0) is 22.5. The highest BCUT2D eigenvalue weighted by atomic mass is 35.5. The number of hydrogen-bond acceptors (Lipinski definition) is 5. The van der Waals surface area contributed by atoms with Gasteiger partial charge in [0.1, 0.15) is 11.6 Å². The summed E-state index contributed by atoms with van der Waals surface area (Å²) >= 11 is 13.5. The van der Waals surface area contributed by atoms with Crippen LogP contribution >= 0.6 is 34.7 Å². The van der Waals surface area contributed by atoms with Crippen LogP contribution in [0, 0.1) is 11.7 Å². The van der Waals surface area contributed by atoms with E-state index in [1.165, 1.54) is 23.7 Å². The fourth-order valence-corrected chi connectivity index (χ4v) is 5.01. The molecule has 0 bridgehead atoms. The molecule has 1 N–H and O–H groups in total. The van der Waals surface area contributed by atoms with Crippen LogP contribution in [0.2, 0.25) is 10.0 Å². The lowest BCUT2D eigenvalue weighted by atomic mass is 9.97. The summed E-state index contributed by atoms with van der Waals surface area (Å²) in [5.41, 5.74) is 1.93. The molecular weight excluding hydrogens is 470 g/mol. The topological polar surface area (TPSA) is 58.1 Å². The average molecular weight is 493 g/mol. The van der Waals surface area contributed by atoms with Crippen LogP contribution in [0.15, 0.2) is 42.5 Å². The zero-order valence-electron chi connectivity index (χ0n) is 17.4. The number of aromatic nitrogens is 2. The molecule has 0 spiro atoms. The Labute approximate surface area is 200 Å². The zero-order valence-corrected chi connectivity index (χ0v) is 19.7. The maximum Gasteiger partial charge on any atom is 0.224 e. The summed E-state index contributed by atoms with van der Waals surface area (Å²) in [6.45, 7) is 2.01. The number of piperidine rings is 1. The second kappa shape index (κ2) is 10.6. The minimum atomic E-state index is -0.255. The van der Waals surface area contributed by atoms with Gasteiger partial charge in [-0.2, -0.15) is 4.37 Å². The molecule has 1 saturated heterocycles. The van der Waals surface area contributed by atoms with Gasteiger partial charge in [0, 0.05) is 47.6 Å². The van der Waals surface area contributed by atoms with Crippen molar-refractivity contribution in [2.45, 2.75) is 25.7 Å². The van der Waals surface area contributed by atoms with Crippen molar-refractivity contribution in [3.8, 4) is 0 Å². The molecule has 0 radical (unpaired) electrons. The monoisotopic (exact) mass is 492 g/mol. The van der Waals surface area contributed by atoms with E-state index in [0.29, 0.717) is 41.8 Å². The van der Waals surface area contributed by atoms with Gasteiger partial charge in [-0.25, -0.2) is 9.37 Å². The minimum Gasteiger partial charge on any atom is -0.355 e. The van der Waals surface area contributed by atoms with E-state index in [2.05, 4.69) is 19.6 Å². The molecule has 1 amide bonds. The summed E-state index contributed by atoms with van der Waals surface area (Å²) < 4.78 is 17.5. The van der Waals surface area contributed by atoms with Gasteiger partial charge in [-0.3, -0.25) is 4.79 Å². The first-order valence-corrected chi connectivity index (χ1v) is 12.0. The van der Waals surface area contributed by atoms with Crippen molar-refractivity contribution >= 4 is 45.8 Å². The van der Waals surface area contributed by atoms with Crippen LogP contribution in [0.25, 0.3) is 0 Å². The second-order valence-corrected chi connectivity index (χ2v) is 9.43. The van der Waals surface area contributed by atoms with Crippen LogP contribution in [0.3, 0.4) is 0 Å². The first-order chi connectivity index (χ1) is 15.5. The van der Waals surface area contributed by atoms with Crippen molar-refractivity contribution in [2.75, 3.05) is 24.5 Å². The maximum atomic E-state index is 13.1. The predicted molar refractivity (Wildman–Crippen MR) is 127 cm³/mol. The molecule has 1 fully saturated rings. The Kier molecular flexibility index (Phi) is 7.60. The largest absolute Gasteiger partial charge is 0.355 e. The first-order valence-electron chi connectivity index (χ1n) is 10.5. The summed E-state index contributed by atoms with van der Waals surface area (Å²) in [5.74, 6) is 0.419.